The third kappa shape index (κ3) is 3.36. The highest BCUT2D eigenvalue weighted by molar-refractivity contribution is 9.10. The lowest BCUT2D eigenvalue weighted by molar-refractivity contribution is 0.318. The summed E-state index contributed by atoms with van der Waals surface area (Å²) >= 11 is 9.37. The predicted octanol–water partition coefficient (Wildman–Crippen LogP) is 3.38. The minimum Gasteiger partial charge on any atom is -0.454 e. The van der Waals surface area contributed by atoms with Crippen LogP contribution in [0.4, 0.5) is 0 Å². The second kappa shape index (κ2) is 5.90. The van der Waals surface area contributed by atoms with E-state index < -0.39 is 0 Å². The molecule has 0 amide bonds. The SMILES string of the molecule is NC(=NO)c1ccc(Oc2cncc(Br)c2)c(Cl)c1. The van der Waals surface area contributed by atoms with Gasteiger partial charge in [-0.25, -0.2) is 0 Å². The first-order valence-corrected chi connectivity index (χ1v) is 6.33. The van der Waals surface area contributed by atoms with Crippen LogP contribution in [0.3, 0.4) is 0 Å². The first-order valence-electron chi connectivity index (χ1n) is 5.16. The standard InChI is InChI=1S/C12H9BrClN3O2/c13-8-4-9(6-16-5-8)19-11-2-1-7(3-10(11)14)12(15)17-18/h1-6,18H,(H2,15,17). The molecule has 1 aromatic carbocycles. The number of rotatable bonds is 3. The van der Waals surface area contributed by atoms with Crippen molar-refractivity contribution in [3.63, 3.8) is 0 Å². The highest BCUT2D eigenvalue weighted by Gasteiger charge is 2.07. The molecule has 0 fully saturated rings. The number of aromatic nitrogens is 1. The number of nitrogens with two attached hydrogens (primary N) is 1. The zero-order valence-electron chi connectivity index (χ0n) is 9.55. The number of hydrogen-bond acceptors (Lipinski definition) is 4. The maximum absolute atomic E-state index is 8.59. The van der Waals surface area contributed by atoms with Crippen LogP contribution in [0.5, 0.6) is 11.5 Å². The average Bonchev–Trinajstić information content (AvgIpc) is 2.40. The fourth-order valence-corrected chi connectivity index (χ4v) is 1.94. The molecule has 1 heterocycles. The Morgan fingerprint density at radius 2 is 2.16 bits per heavy atom. The molecule has 0 saturated carbocycles. The van der Waals surface area contributed by atoms with Crippen molar-refractivity contribution in [3.05, 3.63) is 51.7 Å². The fourth-order valence-electron chi connectivity index (χ4n) is 1.38. The average molecular weight is 343 g/mol. The van der Waals surface area contributed by atoms with E-state index in [0.29, 0.717) is 22.1 Å². The quantitative estimate of drug-likeness (QED) is 0.388. The van der Waals surface area contributed by atoms with Crippen LogP contribution in [-0.2, 0) is 0 Å². The first-order chi connectivity index (χ1) is 9.10. The van der Waals surface area contributed by atoms with Crippen LogP contribution in [0.1, 0.15) is 5.56 Å². The summed E-state index contributed by atoms with van der Waals surface area (Å²) in [5, 5.41) is 11.8. The lowest BCUT2D eigenvalue weighted by Crippen LogP contribution is -2.12. The number of pyridine rings is 1. The number of hydrogen-bond donors (Lipinski definition) is 2. The minimum absolute atomic E-state index is 0.0161. The number of benzene rings is 1. The van der Waals surface area contributed by atoms with Gasteiger partial charge in [0, 0.05) is 16.2 Å². The highest BCUT2D eigenvalue weighted by atomic mass is 79.9. The van der Waals surface area contributed by atoms with Gasteiger partial charge in [-0.15, -0.1) is 0 Å². The molecule has 2 rings (SSSR count). The fraction of sp³-hybridized carbons (Fsp3) is 0. The van der Waals surface area contributed by atoms with Gasteiger partial charge in [0.2, 0.25) is 0 Å². The molecule has 0 unspecified atom stereocenters. The summed E-state index contributed by atoms with van der Waals surface area (Å²) in [5.41, 5.74) is 5.98. The van der Waals surface area contributed by atoms with Gasteiger partial charge in [0.1, 0.15) is 11.5 Å². The van der Waals surface area contributed by atoms with E-state index in [0.717, 1.165) is 4.47 Å². The smallest absolute Gasteiger partial charge is 0.170 e. The molecule has 0 saturated heterocycles. The molecule has 19 heavy (non-hydrogen) atoms. The largest absolute Gasteiger partial charge is 0.454 e. The molecule has 1 aromatic heterocycles. The van der Waals surface area contributed by atoms with Crippen LogP contribution in [0, 0.1) is 0 Å². The first kappa shape index (κ1) is 13.6. The van der Waals surface area contributed by atoms with Gasteiger partial charge in [-0.05, 0) is 40.2 Å². The summed E-state index contributed by atoms with van der Waals surface area (Å²) in [6, 6.07) is 6.59. The van der Waals surface area contributed by atoms with Crippen molar-refractivity contribution < 1.29 is 9.94 Å². The van der Waals surface area contributed by atoms with Gasteiger partial charge in [-0.1, -0.05) is 16.8 Å². The highest BCUT2D eigenvalue weighted by Crippen LogP contribution is 2.30. The van der Waals surface area contributed by atoms with Gasteiger partial charge in [0.15, 0.2) is 5.84 Å². The Morgan fingerprint density at radius 3 is 2.79 bits per heavy atom. The van der Waals surface area contributed by atoms with Crippen molar-refractivity contribution in [1.29, 1.82) is 0 Å². The predicted molar refractivity (Wildman–Crippen MR) is 76.0 cm³/mol. The Bertz CT molecular complexity index is 634. The normalized spacial score (nSPS) is 11.4. The van der Waals surface area contributed by atoms with Crippen LogP contribution in [0.25, 0.3) is 0 Å². The monoisotopic (exact) mass is 341 g/mol. The van der Waals surface area contributed by atoms with Crippen molar-refractivity contribution in [2.75, 3.05) is 0 Å². The summed E-state index contributed by atoms with van der Waals surface area (Å²) in [7, 11) is 0. The van der Waals surface area contributed by atoms with E-state index in [1.165, 1.54) is 0 Å². The van der Waals surface area contributed by atoms with Gasteiger partial charge in [0.05, 0.1) is 11.2 Å². The van der Waals surface area contributed by atoms with Gasteiger partial charge in [-0.3, -0.25) is 4.98 Å². The van der Waals surface area contributed by atoms with Crippen molar-refractivity contribution in [2.45, 2.75) is 0 Å². The molecule has 7 heteroatoms. The molecular formula is C12H9BrClN3O2. The zero-order valence-corrected chi connectivity index (χ0v) is 11.9. The summed E-state index contributed by atoms with van der Waals surface area (Å²) in [6.07, 6.45) is 3.22. The van der Waals surface area contributed by atoms with Crippen molar-refractivity contribution in [3.8, 4) is 11.5 Å². The van der Waals surface area contributed by atoms with E-state index in [2.05, 4.69) is 26.1 Å². The molecule has 0 radical (unpaired) electrons. The van der Waals surface area contributed by atoms with E-state index in [4.69, 9.17) is 27.3 Å². The molecule has 0 aliphatic heterocycles. The number of amidine groups is 1. The van der Waals surface area contributed by atoms with Crippen molar-refractivity contribution in [2.24, 2.45) is 10.9 Å². The summed E-state index contributed by atoms with van der Waals surface area (Å²) in [4.78, 5) is 3.98. The van der Waals surface area contributed by atoms with Gasteiger partial charge >= 0.3 is 0 Å². The molecule has 3 N–H and O–H groups in total. The second-order valence-electron chi connectivity index (χ2n) is 3.57. The van der Waals surface area contributed by atoms with Gasteiger partial charge in [0.25, 0.3) is 0 Å². The van der Waals surface area contributed by atoms with E-state index >= 15 is 0 Å². The molecule has 0 aliphatic rings. The number of nitrogens with zero attached hydrogens (tertiary/aromatic N) is 2. The van der Waals surface area contributed by atoms with Crippen LogP contribution in [-0.4, -0.2) is 16.0 Å². The maximum Gasteiger partial charge on any atom is 0.170 e. The lowest BCUT2D eigenvalue weighted by atomic mass is 10.2. The van der Waals surface area contributed by atoms with Gasteiger partial charge in [-0.2, -0.15) is 0 Å². The topological polar surface area (TPSA) is 80.7 Å². The van der Waals surface area contributed by atoms with Crippen LogP contribution >= 0.6 is 27.5 Å². The van der Waals surface area contributed by atoms with E-state index in [9.17, 15) is 0 Å². The summed E-state index contributed by atoms with van der Waals surface area (Å²) < 4.78 is 6.39. The zero-order chi connectivity index (χ0) is 13.8. The Labute approximate surface area is 122 Å². The van der Waals surface area contributed by atoms with E-state index in [-0.39, 0.29) is 5.84 Å². The molecule has 98 valence electrons. The van der Waals surface area contributed by atoms with Crippen LogP contribution < -0.4 is 10.5 Å². The van der Waals surface area contributed by atoms with Gasteiger partial charge < -0.3 is 15.7 Å². The Balaban J connectivity index is 2.27. The maximum atomic E-state index is 8.59. The Kier molecular flexibility index (Phi) is 4.24. The molecule has 0 aliphatic carbocycles. The lowest BCUT2D eigenvalue weighted by Gasteiger charge is -2.08. The van der Waals surface area contributed by atoms with E-state index in [1.807, 2.05) is 0 Å². The third-order valence-corrected chi connectivity index (χ3v) is 2.97. The van der Waals surface area contributed by atoms with Crippen LogP contribution in [0.15, 0.2) is 46.3 Å². The third-order valence-electron chi connectivity index (χ3n) is 2.24. The molecule has 0 spiro atoms. The Morgan fingerprint density at radius 1 is 1.37 bits per heavy atom. The second-order valence-corrected chi connectivity index (χ2v) is 4.89. The summed E-state index contributed by atoms with van der Waals surface area (Å²) in [6.45, 7) is 0. The number of oxime groups is 1. The Hall–Kier alpha value is -1.79. The molecule has 2 aromatic rings. The number of ether oxygens (including phenoxy) is 1. The minimum atomic E-state index is -0.0161. The van der Waals surface area contributed by atoms with Crippen molar-refractivity contribution in [1.82, 2.24) is 4.98 Å². The summed E-state index contributed by atoms with van der Waals surface area (Å²) in [5.74, 6) is 0.987. The molecular weight excluding hydrogens is 334 g/mol. The van der Waals surface area contributed by atoms with Crippen LogP contribution in [0.2, 0.25) is 5.02 Å². The molecule has 5 nitrogen and oxygen atoms in total. The van der Waals surface area contributed by atoms with E-state index in [1.54, 1.807) is 36.7 Å². The molecule has 0 atom stereocenters. The molecule has 0 bridgehead atoms. The number of halogens is 2. The van der Waals surface area contributed by atoms with Crippen molar-refractivity contribution >= 4 is 33.4 Å².